The number of fused-ring (bicyclic) bond motifs is 1. The second-order valence-corrected chi connectivity index (χ2v) is 3.45. The van der Waals surface area contributed by atoms with Crippen LogP contribution < -0.4 is 0 Å². The number of aryl methyl sites for hydroxylation is 1. The molecule has 0 aliphatic carbocycles. The van der Waals surface area contributed by atoms with Crippen LogP contribution in [0.4, 0.5) is 0 Å². The number of pyridine rings is 1. The highest BCUT2D eigenvalue weighted by Gasteiger charge is 2.08. The number of hydrogen-bond donors (Lipinski definition) is 0. The van der Waals surface area contributed by atoms with Crippen molar-refractivity contribution in [2.24, 2.45) is 7.05 Å². The van der Waals surface area contributed by atoms with E-state index in [1.165, 1.54) is 0 Å². The minimum absolute atomic E-state index is 0.0337. The molecule has 0 amide bonds. The highest BCUT2D eigenvalue weighted by atomic mass is 16.6. The third-order valence-electron chi connectivity index (χ3n) is 2.38. The summed E-state index contributed by atoms with van der Waals surface area (Å²) in [4.78, 5) is 14.2. The molecule has 0 saturated heterocycles. The summed E-state index contributed by atoms with van der Waals surface area (Å²) < 4.78 is 1.89. The van der Waals surface area contributed by atoms with Crippen LogP contribution in [-0.4, -0.2) is 21.0 Å². The molecule has 0 bridgehead atoms. The van der Waals surface area contributed by atoms with Gasteiger partial charge < -0.3 is 4.57 Å². The zero-order valence-corrected chi connectivity index (χ0v) is 8.38. The minimum Gasteiger partial charge on any atom is -0.335 e. The van der Waals surface area contributed by atoms with Crippen molar-refractivity contribution < 1.29 is 4.92 Å². The Labute approximate surface area is 86.5 Å². The van der Waals surface area contributed by atoms with Crippen LogP contribution in [0.5, 0.6) is 0 Å². The fraction of sp³-hybridized carbons (Fsp3) is 0.300. The van der Waals surface area contributed by atoms with Gasteiger partial charge in [0.1, 0.15) is 5.65 Å². The smallest absolute Gasteiger partial charge is 0.207 e. The molecule has 0 aliphatic rings. The van der Waals surface area contributed by atoms with E-state index in [4.69, 9.17) is 0 Å². The lowest BCUT2D eigenvalue weighted by Gasteiger charge is -1.93. The Bertz CT molecular complexity index is 504. The Kier molecular flexibility index (Phi) is 2.37. The van der Waals surface area contributed by atoms with Crippen LogP contribution in [0.25, 0.3) is 11.0 Å². The number of rotatable bonds is 3. The minimum atomic E-state index is -0.296. The molecule has 0 N–H and O–H groups in total. The van der Waals surface area contributed by atoms with Gasteiger partial charge >= 0.3 is 0 Å². The molecule has 0 atom stereocenters. The maximum absolute atomic E-state index is 10.3. The maximum atomic E-state index is 10.3. The van der Waals surface area contributed by atoms with Gasteiger partial charge in [-0.05, 0) is 17.7 Å². The summed E-state index contributed by atoms with van der Waals surface area (Å²) in [7, 11) is 1.89. The van der Waals surface area contributed by atoms with Gasteiger partial charge in [0.15, 0.2) is 0 Å². The average molecular weight is 205 g/mol. The molecule has 5 heteroatoms. The van der Waals surface area contributed by atoms with Crippen LogP contribution in [0.2, 0.25) is 0 Å². The second-order valence-electron chi connectivity index (χ2n) is 3.45. The van der Waals surface area contributed by atoms with Gasteiger partial charge in [0, 0.05) is 36.2 Å². The van der Waals surface area contributed by atoms with Crippen LogP contribution >= 0.6 is 0 Å². The molecule has 0 saturated carbocycles. The zero-order valence-electron chi connectivity index (χ0n) is 8.38. The Morgan fingerprint density at radius 3 is 3.13 bits per heavy atom. The maximum Gasteiger partial charge on any atom is 0.207 e. The van der Waals surface area contributed by atoms with Gasteiger partial charge in [0.25, 0.3) is 0 Å². The topological polar surface area (TPSA) is 61.0 Å². The van der Waals surface area contributed by atoms with Crippen molar-refractivity contribution in [2.45, 2.75) is 6.42 Å². The average Bonchev–Trinajstić information content (AvgIpc) is 2.54. The van der Waals surface area contributed by atoms with Crippen molar-refractivity contribution in [1.82, 2.24) is 9.55 Å². The summed E-state index contributed by atoms with van der Waals surface area (Å²) in [5, 5.41) is 11.3. The van der Waals surface area contributed by atoms with E-state index < -0.39 is 0 Å². The zero-order chi connectivity index (χ0) is 10.8. The van der Waals surface area contributed by atoms with E-state index >= 15 is 0 Å². The lowest BCUT2D eigenvalue weighted by molar-refractivity contribution is -0.479. The normalized spacial score (nSPS) is 10.7. The molecule has 0 aromatic carbocycles. The second kappa shape index (κ2) is 3.68. The van der Waals surface area contributed by atoms with Crippen molar-refractivity contribution in [1.29, 1.82) is 0 Å². The van der Waals surface area contributed by atoms with E-state index in [-0.39, 0.29) is 11.5 Å². The summed E-state index contributed by atoms with van der Waals surface area (Å²) in [5.74, 6) is 0. The first-order chi connectivity index (χ1) is 7.18. The summed E-state index contributed by atoms with van der Waals surface area (Å²) in [6, 6.07) is 3.79. The van der Waals surface area contributed by atoms with E-state index in [1.807, 2.05) is 29.9 Å². The monoisotopic (exact) mass is 205 g/mol. The first-order valence-corrected chi connectivity index (χ1v) is 4.69. The Hall–Kier alpha value is -1.91. The molecule has 2 aromatic rings. The molecule has 15 heavy (non-hydrogen) atoms. The van der Waals surface area contributed by atoms with Gasteiger partial charge in [0.2, 0.25) is 6.54 Å². The van der Waals surface area contributed by atoms with Crippen molar-refractivity contribution in [3.63, 3.8) is 0 Å². The van der Waals surface area contributed by atoms with E-state index in [2.05, 4.69) is 4.98 Å². The van der Waals surface area contributed by atoms with E-state index in [0.717, 1.165) is 16.6 Å². The molecular weight excluding hydrogens is 194 g/mol. The lowest BCUT2D eigenvalue weighted by atomic mass is 10.1. The Balaban J connectivity index is 2.39. The first kappa shape index (κ1) is 9.64. The molecule has 0 spiro atoms. The number of nitro groups is 1. The van der Waals surface area contributed by atoms with Crippen molar-refractivity contribution in [3.8, 4) is 0 Å². The van der Waals surface area contributed by atoms with Gasteiger partial charge in [-0.15, -0.1) is 0 Å². The van der Waals surface area contributed by atoms with Gasteiger partial charge in [-0.3, -0.25) is 10.1 Å². The fourth-order valence-electron chi connectivity index (χ4n) is 1.70. The van der Waals surface area contributed by atoms with Gasteiger partial charge in [0.05, 0.1) is 0 Å². The van der Waals surface area contributed by atoms with Gasteiger partial charge in [-0.2, -0.15) is 0 Å². The van der Waals surface area contributed by atoms with Crippen molar-refractivity contribution >= 4 is 11.0 Å². The van der Waals surface area contributed by atoms with Crippen LogP contribution in [0.15, 0.2) is 24.5 Å². The molecule has 2 heterocycles. The molecule has 78 valence electrons. The highest BCUT2D eigenvalue weighted by Crippen LogP contribution is 2.18. The summed E-state index contributed by atoms with van der Waals surface area (Å²) in [6.07, 6.45) is 4.08. The number of nitrogens with zero attached hydrogens (tertiary/aromatic N) is 3. The predicted octanol–water partition coefficient (Wildman–Crippen LogP) is 1.39. The van der Waals surface area contributed by atoms with Crippen LogP contribution in [0.1, 0.15) is 5.56 Å². The standard InChI is InChI=1S/C10H11N3O2/c1-12-7-8(4-6-13(14)15)9-3-2-5-11-10(9)12/h2-3,5,7H,4,6H2,1H3. The summed E-state index contributed by atoms with van der Waals surface area (Å²) in [5.41, 5.74) is 1.85. The molecule has 0 fully saturated rings. The summed E-state index contributed by atoms with van der Waals surface area (Å²) >= 11 is 0. The Morgan fingerprint density at radius 1 is 1.60 bits per heavy atom. The third-order valence-corrected chi connectivity index (χ3v) is 2.38. The highest BCUT2D eigenvalue weighted by molar-refractivity contribution is 5.80. The first-order valence-electron chi connectivity index (χ1n) is 4.69. The van der Waals surface area contributed by atoms with E-state index in [9.17, 15) is 10.1 Å². The van der Waals surface area contributed by atoms with E-state index in [1.54, 1.807) is 6.20 Å². The SMILES string of the molecule is Cn1cc(CC[N+](=O)[O-])c2cccnc21. The van der Waals surface area contributed by atoms with Crippen LogP contribution in [0.3, 0.4) is 0 Å². The Morgan fingerprint density at radius 2 is 2.40 bits per heavy atom. The number of aromatic nitrogens is 2. The molecule has 0 unspecified atom stereocenters. The quantitative estimate of drug-likeness (QED) is 0.562. The molecular formula is C10H11N3O2. The van der Waals surface area contributed by atoms with E-state index in [0.29, 0.717) is 6.42 Å². The third kappa shape index (κ3) is 1.81. The molecule has 0 radical (unpaired) electrons. The molecule has 2 aromatic heterocycles. The molecule has 5 nitrogen and oxygen atoms in total. The summed E-state index contributed by atoms with van der Waals surface area (Å²) in [6.45, 7) is -0.0337. The largest absolute Gasteiger partial charge is 0.335 e. The fourth-order valence-corrected chi connectivity index (χ4v) is 1.70. The molecule has 2 rings (SSSR count). The molecule has 0 aliphatic heterocycles. The van der Waals surface area contributed by atoms with Crippen LogP contribution in [0, 0.1) is 10.1 Å². The van der Waals surface area contributed by atoms with Gasteiger partial charge in [-0.25, -0.2) is 4.98 Å². The van der Waals surface area contributed by atoms with Crippen LogP contribution in [-0.2, 0) is 13.5 Å². The van der Waals surface area contributed by atoms with Crippen molar-refractivity contribution in [3.05, 3.63) is 40.2 Å². The van der Waals surface area contributed by atoms with Gasteiger partial charge in [-0.1, -0.05) is 0 Å². The number of hydrogen-bond acceptors (Lipinski definition) is 3. The van der Waals surface area contributed by atoms with Crippen molar-refractivity contribution in [2.75, 3.05) is 6.54 Å². The predicted molar refractivity (Wildman–Crippen MR) is 56.3 cm³/mol. The lowest BCUT2D eigenvalue weighted by Crippen LogP contribution is -2.03.